The standard InChI is InChI=1S/C13H13F3O/c14-10-4-2-1-3-9(10)11-12(17-11)5-7-13(15,16)8-6-12/h1-4,11H,5-8H2. The monoisotopic (exact) mass is 242 g/mol. The minimum atomic E-state index is -2.57. The van der Waals surface area contributed by atoms with Crippen LogP contribution in [0.1, 0.15) is 37.4 Å². The van der Waals surface area contributed by atoms with Gasteiger partial charge < -0.3 is 4.74 Å². The fraction of sp³-hybridized carbons (Fsp3) is 0.538. The van der Waals surface area contributed by atoms with Gasteiger partial charge in [0.05, 0.1) is 5.60 Å². The lowest BCUT2D eigenvalue weighted by atomic mass is 9.82. The molecule has 1 atom stereocenters. The molecule has 92 valence electrons. The molecule has 0 radical (unpaired) electrons. The second-order valence-electron chi connectivity index (χ2n) is 4.94. The van der Waals surface area contributed by atoms with Crippen molar-refractivity contribution in [3.05, 3.63) is 35.6 Å². The van der Waals surface area contributed by atoms with Gasteiger partial charge in [-0.05, 0) is 18.9 Å². The summed E-state index contributed by atoms with van der Waals surface area (Å²) in [4.78, 5) is 0. The van der Waals surface area contributed by atoms with Gasteiger partial charge in [0.25, 0.3) is 0 Å². The van der Waals surface area contributed by atoms with Gasteiger partial charge in [-0.2, -0.15) is 0 Å². The van der Waals surface area contributed by atoms with Gasteiger partial charge in [-0.1, -0.05) is 18.2 Å². The van der Waals surface area contributed by atoms with Crippen molar-refractivity contribution in [2.24, 2.45) is 0 Å². The van der Waals surface area contributed by atoms with Crippen molar-refractivity contribution in [3.63, 3.8) is 0 Å². The molecule has 2 aliphatic rings. The maximum Gasteiger partial charge on any atom is 0.248 e. The molecule has 1 saturated carbocycles. The van der Waals surface area contributed by atoms with Crippen LogP contribution in [0.2, 0.25) is 0 Å². The van der Waals surface area contributed by atoms with E-state index in [0.29, 0.717) is 18.4 Å². The van der Waals surface area contributed by atoms with Crippen molar-refractivity contribution in [2.75, 3.05) is 0 Å². The maximum atomic E-state index is 13.5. The van der Waals surface area contributed by atoms with Crippen LogP contribution < -0.4 is 0 Å². The van der Waals surface area contributed by atoms with E-state index in [1.807, 2.05) is 0 Å². The van der Waals surface area contributed by atoms with E-state index in [1.54, 1.807) is 18.2 Å². The Morgan fingerprint density at radius 2 is 1.71 bits per heavy atom. The predicted molar refractivity (Wildman–Crippen MR) is 56.4 cm³/mol. The van der Waals surface area contributed by atoms with Crippen LogP contribution in [0.25, 0.3) is 0 Å². The molecule has 1 aromatic rings. The largest absolute Gasteiger partial charge is 0.361 e. The molecule has 1 saturated heterocycles. The molecule has 3 rings (SSSR count). The van der Waals surface area contributed by atoms with Crippen LogP contribution >= 0.6 is 0 Å². The number of epoxide rings is 1. The number of rotatable bonds is 1. The van der Waals surface area contributed by atoms with Gasteiger partial charge in [-0.15, -0.1) is 0 Å². The zero-order chi connectivity index (χ0) is 12.1. The van der Waals surface area contributed by atoms with Crippen LogP contribution in [0.4, 0.5) is 13.2 Å². The van der Waals surface area contributed by atoms with Crippen molar-refractivity contribution in [2.45, 2.75) is 43.3 Å². The Kier molecular flexibility index (Phi) is 2.27. The Hall–Kier alpha value is -1.03. The quantitative estimate of drug-likeness (QED) is 0.681. The molecule has 2 fully saturated rings. The normalized spacial score (nSPS) is 29.2. The van der Waals surface area contributed by atoms with Gasteiger partial charge >= 0.3 is 0 Å². The molecular formula is C13H13F3O. The molecule has 0 bridgehead atoms. The van der Waals surface area contributed by atoms with Gasteiger partial charge in [0.2, 0.25) is 5.92 Å². The summed E-state index contributed by atoms with van der Waals surface area (Å²) in [6.45, 7) is 0. The third-order valence-electron chi connectivity index (χ3n) is 3.79. The summed E-state index contributed by atoms with van der Waals surface area (Å²) in [5.41, 5.74) is -0.0260. The van der Waals surface area contributed by atoms with Gasteiger partial charge in [-0.3, -0.25) is 0 Å². The predicted octanol–water partition coefficient (Wildman–Crippen LogP) is 3.85. The molecule has 1 heterocycles. The smallest absolute Gasteiger partial charge is 0.248 e. The molecule has 0 N–H and O–H groups in total. The van der Waals surface area contributed by atoms with E-state index in [-0.39, 0.29) is 24.8 Å². The summed E-state index contributed by atoms with van der Waals surface area (Å²) < 4.78 is 45.2. The van der Waals surface area contributed by atoms with Crippen LogP contribution in [0.3, 0.4) is 0 Å². The number of hydrogen-bond donors (Lipinski definition) is 0. The summed E-state index contributed by atoms with van der Waals surface area (Å²) >= 11 is 0. The Morgan fingerprint density at radius 3 is 2.35 bits per heavy atom. The van der Waals surface area contributed by atoms with Gasteiger partial charge in [-0.25, -0.2) is 13.2 Å². The molecule has 0 amide bonds. The third kappa shape index (κ3) is 1.84. The number of benzene rings is 1. The summed E-state index contributed by atoms with van der Waals surface area (Å²) in [5.74, 6) is -2.89. The summed E-state index contributed by atoms with van der Waals surface area (Å²) in [5, 5.41) is 0. The fourth-order valence-corrected chi connectivity index (χ4v) is 2.65. The lowest BCUT2D eigenvalue weighted by Crippen LogP contribution is -2.30. The van der Waals surface area contributed by atoms with Crippen molar-refractivity contribution in [3.8, 4) is 0 Å². The Bertz CT molecular complexity index is 434. The van der Waals surface area contributed by atoms with Crippen LogP contribution in [-0.2, 0) is 4.74 Å². The number of halogens is 3. The van der Waals surface area contributed by atoms with Crippen LogP contribution in [0.5, 0.6) is 0 Å². The highest BCUT2D eigenvalue weighted by Gasteiger charge is 2.61. The minimum absolute atomic E-state index is 0.155. The van der Waals surface area contributed by atoms with E-state index >= 15 is 0 Å². The van der Waals surface area contributed by atoms with Gasteiger partial charge in [0.15, 0.2) is 0 Å². The van der Waals surface area contributed by atoms with E-state index in [9.17, 15) is 13.2 Å². The molecule has 1 aliphatic carbocycles. The average Bonchev–Trinajstić information content (AvgIpc) is 2.99. The lowest BCUT2D eigenvalue weighted by Gasteiger charge is -2.26. The van der Waals surface area contributed by atoms with Crippen molar-refractivity contribution >= 4 is 0 Å². The minimum Gasteiger partial charge on any atom is -0.361 e. The SMILES string of the molecule is Fc1ccccc1C1OC12CCC(F)(F)CC2. The fourth-order valence-electron chi connectivity index (χ4n) is 2.65. The van der Waals surface area contributed by atoms with Crippen LogP contribution in [-0.4, -0.2) is 11.5 Å². The van der Waals surface area contributed by atoms with Crippen LogP contribution in [0.15, 0.2) is 24.3 Å². The zero-order valence-electron chi connectivity index (χ0n) is 9.26. The highest BCUT2D eigenvalue weighted by atomic mass is 19.3. The van der Waals surface area contributed by atoms with Crippen molar-refractivity contribution in [1.29, 1.82) is 0 Å². The molecule has 1 aromatic carbocycles. The molecule has 1 spiro atoms. The first-order chi connectivity index (χ1) is 8.03. The first-order valence-corrected chi connectivity index (χ1v) is 5.83. The molecule has 4 heteroatoms. The Morgan fingerprint density at radius 1 is 1.06 bits per heavy atom. The van der Waals surface area contributed by atoms with E-state index in [0.717, 1.165) is 0 Å². The topological polar surface area (TPSA) is 12.5 Å². The summed E-state index contributed by atoms with van der Waals surface area (Å²) in [6, 6.07) is 6.40. The second-order valence-corrected chi connectivity index (χ2v) is 4.94. The average molecular weight is 242 g/mol. The van der Waals surface area contributed by atoms with E-state index in [1.165, 1.54) is 6.07 Å². The Balaban J connectivity index is 1.77. The van der Waals surface area contributed by atoms with E-state index in [2.05, 4.69) is 0 Å². The first kappa shape index (κ1) is 11.1. The first-order valence-electron chi connectivity index (χ1n) is 5.83. The van der Waals surface area contributed by atoms with Gasteiger partial charge in [0, 0.05) is 18.4 Å². The number of hydrogen-bond acceptors (Lipinski definition) is 1. The summed E-state index contributed by atoms with van der Waals surface area (Å²) in [7, 11) is 0. The molecule has 0 aromatic heterocycles. The summed E-state index contributed by atoms with van der Waals surface area (Å²) in [6.07, 6.45) is -0.00623. The highest BCUT2D eigenvalue weighted by molar-refractivity contribution is 5.28. The maximum absolute atomic E-state index is 13.5. The highest BCUT2D eigenvalue weighted by Crippen LogP contribution is 2.59. The zero-order valence-corrected chi connectivity index (χ0v) is 9.26. The molecule has 1 aliphatic heterocycles. The second kappa shape index (κ2) is 3.48. The molecule has 1 unspecified atom stereocenters. The lowest BCUT2D eigenvalue weighted by molar-refractivity contribution is -0.0508. The van der Waals surface area contributed by atoms with E-state index < -0.39 is 11.5 Å². The third-order valence-corrected chi connectivity index (χ3v) is 3.79. The molecule has 1 nitrogen and oxygen atoms in total. The van der Waals surface area contributed by atoms with Crippen molar-refractivity contribution < 1.29 is 17.9 Å². The number of alkyl halides is 2. The molecular weight excluding hydrogens is 229 g/mol. The van der Waals surface area contributed by atoms with Crippen molar-refractivity contribution in [1.82, 2.24) is 0 Å². The Labute approximate surface area is 97.6 Å². The van der Waals surface area contributed by atoms with Crippen LogP contribution in [0, 0.1) is 5.82 Å². The van der Waals surface area contributed by atoms with Gasteiger partial charge in [0.1, 0.15) is 11.9 Å². The molecule has 17 heavy (non-hydrogen) atoms. The van der Waals surface area contributed by atoms with E-state index in [4.69, 9.17) is 4.74 Å². The number of ether oxygens (including phenoxy) is 1.